The second-order valence-corrected chi connectivity index (χ2v) is 4.90. The molecule has 0 fully saturated rings. The molecular formula is C13H17BrO3. The second-order valence-electron chi connectivity index (χ2n) is 4.10. The largest absolute Gasteiger partial charge is 0.479 e. The Hall–Kier alpha value is -1.03. The van der Waals surface area contributed by atoms with E-state index in [0.29, 0.717) is 12.2 Å². The minimum atomic E-state index is -0.912. The zero-order chi connectivity index (χ0) is 13.0. The zero-order valence-corrected chi connectivity index (χ0v) is 11.9. The van der Waals surface area contributed by atoms with Crippen molar-refractivity contribution in [1.29, 1.82) is 0 Å². The van der Waals surface area contributed by atoms with Crippen molar-refractivity contribution in [3.63, 3.8) is 0 Å². The first-order valence-corrected chi connectivity index (χ1v) is 6.41. The number of ether oxygens (including phenoxy) is 1. The molecule has 0 saturated heterocycles. The lowest BCUT2D eigenvalue weighted by atomic mass is 10.1. The fourth-order valence-electron chi connectivity index (χ4n) is 1.63. The van der Waals surface area contributed by atoms with Crippen molar-refractivity contribution in [2.24, 2.45) is 0 Å². The third-order valence-electron chi connectivity index (χ3n) is 2.51. The molecule has 0 aliphatic carbocycles. The molecule has 17 heavy (non-hydrogen) atoms. The summed E-state index contributed by atoms with van der Waals surface area (Å²) in [4.78, 5) is 11.0. The van der Waals surface area contributed by atoms with Crippen LogP contribution in [0.3, 0.4) is 0 Å². The lowest BCUT2D eigenvalue weighted by Gasteiger charge is -2.16. The maximum atomic E-state index is 11.0. The van der Waals surface area contributed by atoms with Gasteiger partial charge in [0.15, 0.2) is 6.10 Å². The number of hydrogen-bond acceptors (Lipinski definition) is 2. The van der Waals surface area contributed by atoms with Crippen LogP contribution >= 0.6 is 15.9 Å². The number of carboxylic acid groups (broad SMARTS) is 1. The SMILES string of the molecule is CCCC(Oc1cc(C)c(Br)c(C)c1)C(=O)O. The predicted octanol–water partition coefficient (Wildman–Crippen LogP) is 3.70. The molecule has 0 heterocycles. The van der Waals surface area contributed by atoms with Gasteiger partial charge in [-0.15, -0.1) is 0 Å². The van der Waals surface area contributed by atoms with Crippen LogP contribution in [0.2, 0.25) is 0 Å². The summed E-state index contributed by atoms with van der Waals surface area (Å²) in [5, 5.41) is 9.02. The molecule has 0 aliphatic rings. The predicted molar refractivity (Wildman–Crippen MR) is 70.6 cm³/mol. The first-order valence-electron chi connectivity index (χ1n) is 5.62. The van der Waals surface area contributed by atoms with Gasteiger partial charge in [-0.25, -0.2) is 4.79 Å². The number of aliphatic carboxylic acids is 1. The van der Waals surface area contributed by atoms with Gasteiger partial charge in [0.2, 0.25) is 0 Å². The van der Waals surface area contributed by atoms with Gasteiger partial charge < -0.3 is 9.84 Å². The van der Waals surface area contributed by atoms with Gasteiger partial charge in [0.1, 0.15) is 5.75 Å². The summed E-state index contributed by atoms with van der Waals surface area (Å²) < 4.78 is 6.55. The molecule has 1 rings (SSSR count). The lowest BCUT2D eigenvalue weighted by molar-refractivity contribution is -0.145. The highest BCUT2D eigenvalue weighted by Gasteiger charge is 2.18. The monoisotopic (exact) mass is 300 g/mol. The second kappa shape index (κ2) is 6.05. The fourth-order valence-corrected chi connectivity index (χ4v) is 1.86. The Morgan fingerprint density at radius 1 is 1.41 bits per heavy atom. The van der Waals surface area contributed by atoms with E-state index >= 15 is 0 Å². The molecule has 3 nitrogen and oxygen atoms in total. The molecule has 0 aromatic heterocycles. The molecule has 0 bridgehead atoms. The maximum Gasteiger partial charge on any atom is 0.344 e. The van der Waals surface area contributed by atoms with E-state index in [4.69, 9.17) is 9.84 Å². The minimum absolute atomic E-state index is 0.517. The Bertz CT molecular complexity index is 392. The molecule has 4 heteroatoms. The first-order chi connectivity index (χ1) is 7.95. The summed E-state index contributed by atoms with van der Waals surface area (Å²) in [7, 11) is 0. The number of halogens is 1. The third-order valence-corrected chi connectivity index (χ3v) is 3.77. The van der Waals surface area contributed by atoms with Gasteiger partial charge in [0.25, 0.3) is 0 Å². The summed E-state index contributed by atoms with van der Waals surface area (Å²) in [6.45, 7) is 5.86. The van der Waals surface area contributed by atoms with Crippen LogP contribution in [0.1, 0.15) is 30.9 Å². The maximum absolute atomic E-state index is 11.0. The standard InChI is InChI=1S/C13H17BrO3/c1-4-5-11(13(15)16)17-10-6-8(2)12(14)9(3)7-10/h6-7,11H,4-5H2,1-3H3,(H,15,16). The smallest absolute Gasteiger partial charge is 0.344 e. The van der Waals surface area contributed by atoms with Crippen molar-refractivity contribution in [1.82, 2.24) is 0 Å². The van der Waals surface area contributed by atoms with E-state index in [1.54, 1.807) is 0 Å². The highest BCUT2D eigenvalue weighted by Crippen LogP contribution is 2.27. The van der Waals surface area contributed by atoms with Crippen LogP contribution in [0.15, 0.2) is 16.6 Å². The van der Waals surface area contributed by atoms with Gasteiger partial charge in [-0.1, -0.05) is 29.3 Å². The molecule has 94 valence electrons. The Kier molecular flexibility index (Phi) is 5.00. The summed E-state index contributed by atoms with van der Waals surface area (Å²) in [6.07, 6.45) is 0.537. The Labute approximate surface area is 110 Å². The Morgan fingerprint density at radius 2 is 1.94 bits per heavy atom. The molecular weight excluding hydrogens is 284 g/mol. The zero-order valence-electron chi connectivity index (χ0n) is 10.3. The molecule has 0 saturated carbocycles. The molecule has 1 unspecified atom stereocenters. The van der Waals surface area contributed by atoms with Crippen LogP contribution in [0.5, 0.6) is 5.75 Å². The number of carboxylic acids is 1. The highest BCUT2D eigenvalue weighted by atomic mass is 79.9. The molecule has 0 spiro atoms. The van der Waals surface area contributed by atoms with Crippen LogP contribution in [0.4, 0.5) is 0 Å². The molecule has 0 aliphatic heterocycles. The van der Waals surface area contributed by atoms with E-state index in [-0.39, 0.29) is 0 Å². The molecule has 1 N–H and O–H groups in total. The molecule has 1 aromatic carbocycles. The van der Waals surface area contributed by atoms with Crippen LogP contribution in [-0.2, 0) is 4.79 Å². The Balaban J connectivity index is 2.90. The van der Waals surface area contributed by atoms with Crippen molar-refractivity contribution < 1.29 is 14.6 Å². The summed E-state index contributed by atoms with van der Waals surface area (Å²) >= 11 is 3.47. The van der Waals surface area contributed by atoms with Crippen molar-refractivity contribution in [2.45, 2.75) is 39.7 Å². The quantitative estimate of drug-likeness (QED) is 0.902. The number of rotatable bonds is 5. The molecule has 0 amide bonds. The van der Waals surface area contributed by atoms with Gasteiger partial charge in [-0.3, -0.25) is 0 Å². The summed E-state index contributed by atoms with van der Waals surface area (Å²) in [5.74, 6) is -0.297. The van der Waals surface area contributed by atoms with Crippen LogP contribution in [0, 0.1) is 13.8 Å². The topological polar surface area (TPSA) is 46.5 Å². The van der Waals surface area contributed by atoms with E-state index in [9.17, 15) is 4.79 Å². The average molecular weight is 301 g/mol. The number of carbonyl (C=O) groups is 1. The van der Waals surface area contributed by atoms with Crippen molar-refractivity contribution in [3.05, 3.63) is 27.7 Å². The number of hydrogen-bond donors (Lipinski definition) is 1. The number of aryl methyl sites for hydroxylation is 2. The van der Waals surface area contributed by atoms with Crippen molar-refractivity contribution >= 4 is 21.9 Å². The first kappa shape index (κ1) is 14.0. The van der Waals surface area contributed by atoms with Gasteiger partial charge in [0.05, 0.1) is 0 Å². The molecule has 0 radical (unpaired) electrons. The average Bonchev–Trinajstić information content (AvgIpc) is 2.25. The van der Waals surface area contributed by atoms with Gasteiger partial charge in [-0.05, 0) is 43.5 Å². The van der Waals surface area contributed by atoms with Crippen molar-refractivity contribution in [3.8, 4) is 5.75 Å². The van der Waals surface area contributed by atoms with E-state index < -0.39 is 12.1 Å². The van der Waals surface area contributed by atoms with Crippen LogP contribution in [0.25, 0.3) is 0 Å². The molecule has 1 atom stereocenters. The normalized spacial score (nSPS) is 12.2. The number of benzene rings is 1. The highest BCUT2D eigenvalue weighted by molar-refractivity contribution is 9.10. The Morgan fingerprint density at radius 3 is 2.35 bits per heavy atom. The van der Waals surface area contributed by atoms with E-state index in [0.717, 1.165) is 22.0 Å². The van der Waals surface area contributed by atoms with Gasteiger partial charge in [0, 0.05) is 4.47 Å². The lowest BCUT2D eigenvalue weighted by Crippen LogP contribution is -2.26. The van der Waals surface area contributed by atoms with E-state index in [2.05, 4.69) is 15.9 Å². The van der Waals surface area contributed by atoms with Gasteiger partial charge >= 0.3 is 5.97 Å². The summed E-state index contributed by atoms with van der Waals surface area (Å²) in [6, 6.07) is 3.70. The summed E-state index contributed by atoms with van der Waals surface area (Å²) in [5.41, 5.74) is 2.08. The fraction of sp³-hybridized carbons (Fsp3) is 0.462. The van der Waals surface area contributed by atoms with Crippen LogP contribution < -0.4 is 4.74 Å². The molecule has 1 aromatic rings. The van der Waals surface area contributed by atoms with E-state index in [1.807, 2.05) is 32.9 Å². The van der Waals surface area contributed by atoms with E-state index in [1.165, 1.54) is 0 Å². The van der Waals surface area contributed by atoms with Crippen LogP contribution in [-0.4, -0.2) is 17.2 Å². The minimum Gasteiger partial charge on any atom is -0.479 e. The third kappa shape index (κ3) is 3.73. The van der Waals surface area contributed by atoms with Gasteiger partial charge in [-0.2, -0.15) is 0 Å². The van der Waals surface area contributed by atoms with Crippen molar-refractivity contribution in [2.75, 3.05) is 0 Å².